The minimum atomic E-state index is -0.583. The monoisotopic (exact) mass is 596 g/mol. The summed E-state index contributed by atoms with van der Waals surface area (Å²) in [6, 6.07) is 15.1. The van der Waals surface area contributed by atoms with Crippen molar-refractivity contribution in [2.75, 3.05) is 39.3 Å². The number of benzene rings is 2. The van der Waals surface area contributed by atoms with Gasteiger partial charge in [0.25, 0.3) is 12.4 Å². The molecule has 0 radical (unpaired) electrons. The third-order valence-electron chi connectivity index (χ3n) is 6.93. The van der Waals surface area contributed by atoms with Crippen LogP contribution in [0.4, 0.5) is 5.00 Å². The number of carbonyl (C=O) groups excluding carboxylic acids is 3. The van der Waals surface area contributed by atoms with E-state index in [4.69, 9.17) is 14.2 Å². The van der Waals surface area contributed by atoms with Crippen LogP contribution in [0.25, 0.3) is 0 Å². The quantitative estimate of drug-likeness (QED) is 0.282. The van der Waals surface area contributed by atoms with Crippen LogP contribution in [0.15, 0.2) is 48.5 Å². The molecule has 2 aliphatic heterocycles. The second-order valence-electron chi connectivity index (χ2n) is 10.1. The van der Waals surface area contributed by atoms with Crippen molar-refractivity contribution in [1.29, 1.82) is 0 Å². The van der Waals surface area contributed by atoms with E-state index in [-0.39, 0.29) is 30.1 Å². The van der Waals surface area contributed by atoms with Crippen LogP contribution in [0.1, 0.15) is 52.4 Å². The number of hydrogen-bond acceptors (Lipinski definition) is 10. The van der Waals surface area contributed by atoms with Gasteiger partial charge < -0.3 is 34.9 Å². The van der Waals surface area contributed by atoms with Crippen LogP contribution in [-0.4, -0.2) is 57.2 Å². The van der Waals surface area contributed by atoms with Crippen LogP contribution in [0.2, 0.25) is 0 Å². The number of hydrogen-bond donors (Lipinski definition) is 3. The Bertz CT molecular complexity index is 1350. The molecule has 0 bridgehead atoms. The average Bonchev–Trinajstić information content (AvgIpc) is 3.69. The number of aromatic nitrogens is 1. The fourth-order valence-corrected chi connectivity index (χ4v) is 5.44. The van der Waals surface area contributed by atoms with E-state index in [9.17, 15) is 14.4 Å². The summed E-state index contributed by atoms with van der Waals surface area (Å²) >= 11 is 1.35. The molecule has 11 nitrogen and oxygen atoms in total. The zero-order valence-corrected chi connectivity index (χ0v) is 24.8. The molecule has 2 saturated heterocycles. The van der Waals surface area contributed by atoms with Crippen molar-refractivity contribution in [1.82, 2.24) is 15.6 Å². The molecule has 2 aromatic carbocycles. The van der Waals surface area contributed by atoms with E-state index in [0.717, 1.165) is 35.5 Å². The Morgan fingerprint density at radius 2 is 1.95 bits per heavy atom. The zero-order chi connectivity index (χ0) is 30.0. The second-order valence-corrected chi connectivity index (χ2v) is 11.2. The Labute approximate surface area is 248 Å². The largest absolute Gasteiger partial charge is 0.497 e. The topological polar surface area (TPSA) is 137 Å². The number of carbonyl (C=O) groups is 3. The van der Waals surface area contributed by atoms with Crippen LogP contribution >= 0.6 is 11.3 Å². The predicted octanol–water partition coefficient (Wildman–Crippen LogP) is 3.85. The van der Waals surface area contributed by atoms with Crippen LogP contribution in [0.5, 0.6) is 11.5 Å². The second kappa shape index (κ2) is 14.8. The van der Waals surface area contributed by atoms with E-state index in [2.05, 4.69) is 25.7 Å². The van der Waals surface area contributed by atoms with Gasteiger partial charge in [-0.3, -0.25) is 14.4 Å². The van der Waals surface area contributed by atoms with Crippen molar-refractivity contribution in [3.63, 3.8) is 0 Å². The number of thiazole rings is 1. The van der Waals surface area contributed by atoms with Crippen molar-refractivity contribution in [2.45, 2.75) is 39.0 Å². The molecular weight excluding hydrogens is 560 g/mol. The lowest BCUT2D eigenvalue weighted by atomic mass is 9.88. The number of amides is 2. The molecule has 5 rings (SSSR count). The lowest BCUT2D eigenvalue weighted by Gasteiger charge is -2.36. The van der Waals surface area contributed by atoms with Gasteiger partial charge in [-0.05, 0) is 44.0 Å². The van der Waals surface area contributed by atoms with E-state index in [0.29, 0.717) is 42.8 Å². The maximum Gasteiger partial charge on any atom is 0.293 e. The molecule has 0 aliphatic carbocycles. The molecule has 2 fully saturated rings. The minimum absolute atomic E-state index is 0.0986. The number of anilines is 1. The summed E-state index contributed by atoms with van der Waals surface area (Å²) in [4.78, 5) is 40.2. The summed E-state index contributed by atoms with van der Waals surface area (Å²) in [5, 5.41) is 10.5. The standard InChI is InChI=1S/C22H28N4O5S.C8H8O2/c1-22(11-31-12-22)21(28)26-20-17(25-19(32-20)15-5-4-8-23-15)18(27)24-10-13-6-7-14(29-2)9-16(13)30-3;9-7-10-6-8-4-2-1-3-5-8/h6-7,9,15,23H,4-5,8,10-12H2,1-3H3,(H,24,27)(H,26,28);1-5,7H,6H2/t15-;/m1./s1. The molecule has 1 atom stereocenters. The van der Waals surface area contributed by atoms with E-state index < -0.39 is 5.41 Å². The Balaban J connectivity index is 0.000000343. The third-order valence-corrected chi connectivity index (χ3v) is 8.01. The molecule has 3 N–H and O–H groups in total. The molecule has 12 heteroatoms. The van der Waals surface area contributed by atoms with E-state index >= 15 is 0 Å². The molecule has 0 saturated carbocycles. The Hall–Kier alpha value is -4.00. The summed E-state index contributed by atoms with van der Waals surface area (Å²) in [6.07, 6.45) is 2.01. The van der Waals surface area contributed by atoms with Gasteiger partial charge in [-0.15, -0.1) is 0 Å². The molecule has 224 valence electrons. The highest BCUT2D eigenvalue weighted by molar-refractivity contribution is 7.16. The highest BCUT2D eigenvalue weighted by Gasteiger charge is 2.42. The first-order valence-electron chi connectivity index (χ1n) is 13.6. The highest BCUT2D eigenvalue weighted by Crippen LogP contribution is 2.35. The lowest BCUT2D eigenvalue weighted by molar-refractivity contribution is -0.151. The number of methoxy groups -OCH3 is 2. The summed E-state index contributed by atoms with van der Waals surface area (Å²) in [5.74, 6) is 0.770. The Kier molecular flexibility index (Phi) is 10.9. The maximum absolute atomic E-state index is 13.1. The molecule has 2 amide bonds. The van der Waals surface area contributed by atoms with Gasteiger partial charge in [0, 0.05) is 18.2 Å². The molecule has 42 heavy (non-hydrogen) atoms. The first-order valence-corrected chi connectivity index (χ1v) is 14.4. The van der Waals surface area contributed by atoms with Gasteiger partial charge in [-0.25, -0.2) is 4.98 Å². The van der Waals surface area contributed by atoms with Crippen molar-refractivity contribution in [3.05, 3.63) is 70.4 Å². The van der Waals surface area contributed by atoms with Gasteiger partial charge in [0.15, 0.2) is 5.69 Å². The van der Waals surface area contributed by atoms with Gasteiger partial charge in [0.2, 0.25) is 5.91 Å². The van der Waals surface area contributed by atoms with Crippen molar-refractivity contribution in [3.8, 4) is 11.5 Å². The molecule has 2 aliphatic rings. The molecule has 3 heterocycles. The van der Waals surface area contributed by atoms with Crippen molar-refractivity contribution in [2.24, 2.45) is 5.41 Å². The summed E-state index contributed by atoms with van der Waals surface area (Å²) in [6.45, 7) is 4.57. The summed E-state index contributed by atoms with van der Waals surface area (Å²) in [5.41, 5.74) is 1.46. The summed E-state index contributed by atoms with van der Waals surface area (Å²) < 4.78 is 20.4. The van der Waals surface area contributed by atoms with Gasteiger partial charge in [-0.2, -0.15) is 0 Å². The van der Waals surface area contributed by atoms with Gasteiger partial charge in [-0.1, -0.05) is 41.7 Å². The first kappa shape index (κ1) is 30.9. The number of nitrogens with zero attached hydrogens (tertiary/aromatic N) is 1. The summed E-state index contributed by atoms with van der Waals surface area (Å²) in [7, 11) is 3.15. The fourth-order valence-electron chi connectivity index (χ4n) is 4.37. The number of rotatable bonds is 11. The Morgan fingerprint density at radius 3 is 2.57 bits per heavy atom. The maximum atomic E-state index is 13.1. The van der Waals surface area contributed by atoms with Crippen LogP contribution in [0.3, 0.4) is 0 Å². The fraction of sp³-hybridized carbons (Fsp3) is 0.400. The van der Waals surface area contributed by atoms with Gasteiger partial charge >= 0.3 is 0 Å². The molecule has 3 aromatic rings. The van der Waals surface area contributed by atoms with Gasteiger partial charge in [0.1, 0.15) is 28.1 Å². The third kappa shape index (κ3) is 7.84. The normalized spacial score (nSPS) is 16.7. The first-order chi connectivity index (χ1) is 20.4. The van der Waals surface area contributed by atoms with E-state index in [1.807, 2.05) is 49.4 Å². The number of nitrogens with one attached hydrogen (secondary N) is 3. The van der Waals surface area contributed by atoms with Crippen LogP contribution in [0, 0.1) is 5.41 Å². The van der Waals surface area contributed by atoms with Gasteiger partial charge in [0.05, 0.1) is 38.9 Å². The lowest BCUT2D eigenvalue weighted by Crippen LogP contribution is -2.49. The van der Waals surface area contributed by atoms with Crippen molar-refractivity contribution < 1.29 is 33.3 Å². The SMILES string of the molecule is COc1ccc(CNC(=O)c2nc([C@H]3CCCN3)sc2NC(=O)C2(C)COC2)c(OC)c1.O=COCc1ccccc1. The zero-order valence-electron chi connectivity index (χ0n) is 23.9. The Morgan fingerprint density at radius 1 is 1.17 bits per heavy atom. The van der Waals surface area contributed by atoms with Crippen molar-refractivity contribution >= 4 is 34.6 Å². The molecule has 1 aromatic heterocycles. The number of ether oxygens (including phenoxy) is 4. The minimum Gasteiger partial charge on any atom is -0.497 e. The highest BCUT2D eigenvalue weighted by atomic mass is 32.1. The average molecular weight is 597 g/mol. The molecular formula is C30H36N4O7S. The predicted molar refractivity (Wildman–Crippen MR) is 158 cm³/mol. The van der Waals surface area contributed by atoms with Crippen LogP contribution < -0.4 is 25.4 Å². The van der Waals surface area contributed by atoms with E-state index in [1.54, 1.807) is 20.3 Å². The smallest absolute Gasteiger partial charge is 0.293 e. The molecule has 0 unspecified atom stereocenters. The molecule has 0 spiro atoms. The van der Waals surface area contributed by atoms with E-state index in [1.165, 1.54) is 11.3 Å². The van der Waals surface area contributed by atoms with Crippen LogP contribution in [-0.2, 0) is 32.2 Å².